The Labute approximate surface area is 120 Å². The zero-order chi connectivity index (χ0) is 15.5. The lowest BCUT2D eigenvalue weighted by atomic mass is 9.98. The van der Waals surface area contributed by atoms with Crippen molar-refractivity contribution >= 4 is 11.8 Å². The minimum atomic E-state index is -4.53. The summed E-state index contributed by atoms with van der Waals surface area (Å²) >= 11 is 0. The average molecular weight is 305 g/mol. The number of hydrogen-bond acceptors (Lipinski definition) is 6. The van der Waals surface area contributed by atoms with E-state index >= 15 is 0 Å². The molecule has 1 aliphatic heterocycles. The topological polar surface area (TPSA) is 76.3 Å². The third-order valence-corrected chi connectivity index (χ3v) is 3.47. The molecule has 1 aromatic heterocycles. The number of piperidine rings is 1. The number of anilines is 2. The molecule has 1 saturated heterocycles. The molecule has 2 rings (SSSR count). The van der Waals surface area contributed by atoms with Crippen LogP contribution in [0.4, 0.5) is 24.9 Å². The number of nitrogen functional groups attached to an aromatic ring is 1. The number of rotatable bonds is 4. The van der Waals surface area contributed by atoms with E-state index < -0.39 is 11.9 Å². The molecule has 1 aliphatic rings. The summed E-state index contributed by atoms with van der Waals surface area (Å²) in [5.41, 5.74) is 1.08. The van der Waals surface area contributed by atoms with Crippen LogP contribution in [-0.2, 0) is 10.9 Å². The van der Waals surface area contributed by atoms with Gasteiger partial charge in [-0.05, 0) is 18.8 Å². The van der Waals surface area contributed by atoms with E-state index in [-0.39, 0.29) is 11.8 Å². The number of nitrogens with one attached hydrogen (secondary N) is 1. The summed E-state index contributed by atoms with van der Waals surface area (Å²) in [6.07, 6.45) is -2.83. The van der Waals surface area contributed by atoms with Crippen LogP contribution in [0.5, 0.6) is 0 Å². The molecule has 0 atom stereocenters. The van der Waals surface area contributed by atoms with Gasteiger partial charge in [-0.1, -0.05) is 0 Å². The zero-order valence-electron chi connectivity index (χ0n) is 11.7. The number of halogens is 3. The fourth-order valence-corrected chi connectivity index (χ4v) is 2.37. The van der Waals surface area contributed by atoms with E-state index in [4.69, 9.17) is 10.6 Å². The van der Waals surface area contributed by atoms with Gasteiger partial charge >= 0.3 is 6.18 Å². The Bertz CT molecular complexity index is 474. The maximum Gasteiger partial charge on any atom is 0.433 e. The summed E-state index contributed by atoms with van der Waals surface area (Å²) in [5.74, 6) is 5.58. The van der Waals surface area contributed by atoms with Crippen LogP contribution >= 0.6 is 0 Å². The Kier molecular flexibility index (Phi) is 4.84. The first-order chi connectivity index (χ1) is 9.94. The Hall–Kier alpha value is -1.61. The van der Waals surface area contributed by atoms with Crippen LogP contribution in [0.1, 0.15) is 18.5 Å². The standard InChI is InChI=1S/C12H18F3N5O/c1-21-7-8-2-4-20(5-3-8)10-6-9(12(13,14)15)17-11(18-10)19-16/h6,8H,2-5,7,16H2,1H3,(H,17,18,19). The number of hydrogen-bond donors (Lipinski definition) is 2. The summed E-state index contributed by atoms with van der Waals surface area (Å²) in [6, 6.07) is 0.956. The summed E-state index contributed by atoms with van der Waals surface area (Å²) in [4.78, 5) is 9.16. The Balaban J connectivity index is 2.16. The van der Waals surface area contributed by atoms with Gasteiger partial charge in [-0.25, -0.2) is 10.8 Å². The summed E-state index contributed by atoms with van der Waals surface area (Å²) in [5, 5.41) is 0. The van der Waals surface area contributed by atoms with Crippen molar-refractivity contribution in [2.24, 2.45) is 11.8 Å². The molecule has 0 amide bonds. The van der Waals surface area contributed by atoms with Crippen LogP contribution in [-0.4, -0.2) is 36.8 Å². The SMILES string of the molecule is COCC1CCN(c2cc(C(F)(F)F)nc(NN)n2)CC1. The van der Waals surface area contributed by atoms with Crippen LogP contribution in [0.3, 0.4) is 0 Å². The van der Waals surface area contributed by atoms with E-state index in [0.717, 1.165) is 18.9 Å². The largest absolute Gasteiger partial charge is 0.433 e. The fourth-order valence-electron chi connectivity index (χ4n) is 2.37. The predicted molar refractivity (Wildman–Crippen MR) is 71.7 cm³/mol. The lowest BCUT2D eigenvalue weighted by molar-refractivity contribution is -0.141. The van der Waals surface area contributed by atoms with Gasteiger partial charge < -0.3 is 9.64 Å². The second kappa shape index (κ2) is 6.44. The van der Waals surface area contributed by atoms with Crippen LogP contribution in [0.25, 0.3) is 0 Å². The van der Waals surface area contributed by atoms with Gasteiger partial charge in [0.1, 0.15) is 5.82 Å². The van der Waals surface area contributed by atoms with Gasteiger partial charge in [0.15, 0.2) is 5.69 Å². The quantitative estimate of drug-likeness (QED) is 0.650. The van der Waals surface area contributed by atoms with Crippen molar-refractivity contribution in [3.05, 3.63) is 11.8 Å². The summed E-state index contributed by atoms with van der Waals surface area (Å²) in [7, 11) is 1.64. The number of hydrazine groups is 1. The van der Waals surface area contributed by atoms with E-state index in [2.05, 4.69) is 15.4 Å². The van der Waals surface area contributed by atoms with E-state index in [1.54, 1.807) is 7.11 Å². The minimum Gasteiger partial charge on any atom is -0.384 e. The zero-order valence-corrected chi connectivity index (χ0v) is 11.7. The summed E-state index contributed by atoms with van der Waals surface area (Å²) in [6.45, 7) is 1.93. The molecule has 0 spiro atoms. The van der Waals surface area contributed by atoms with Crippen molar-refractivity contribution in [1.29, 1.82) is 0 Å². The molecule has 2 heterocycles. The molecular formula is C12H18F3N5O. The number of nitrogens with two attached hydrogens (primary N) is 1. The molecule has 6 nitrogen and oxygen atoms in total. The van der Waals surface area contributed by atoms with Crippen molar-refractivity contribution in [3.8, 4) is 0 Å². The smallest absolute Gasteiger partial charge is 0.384 e. The van der Waals surface area contributed by atoms with Crippen molar-refractivity contribution in [1.82, 2.24) is 9.97 Å². The van der Waals surface area contributed by atoms with Crippen molar-refractivity contribution in [2.75, 3.05) is 37.1 Å². The average Bonchev–Trinajstić information content (AvgIpc) is 2.47. The molecule has 0 bridgehead atoms. The number of methoxy groups -OCH3 is 1. The maximum absolute atomic E-state index is 12.8. The number of nitrogens with zero attached hydrogens (tertiary/aromatic N) is 3. The Morgan fingerprint density at radius 3 is 2.57 bits per heavy atom. The van der Waals surface area contributed by atoms with E-state index in [0.29, 0.717) is 25.6 Å². The van der Waals surface area contributed by atoms with E-state index in [1.807, 2.05) is 4.90 Å². The maximum atomic E-state index is 12.8. The monoisotopic (exact) mass is 305 g/mol. The second-order valence-corrected chi connectivity index (χ2v) is 4.96. The van der Waals surface area contributed by atoms with Gasteiger partial charge in [0, 0.05) is 32.9 Å². The summed E-state index contributed by atoms with van der Waals surface area (Å²) < 4.78 is 43.6. The van der Waals surface area contributed by atoms with E-state index in [1.165, 1.54) is 0 Å². The first-order valence-electron chi connectivity index (χ1n) is 6.61. The molecule has 118 valence electrons. The highest BCUT2D eigenvalue weighted by Gasteiger charge is 2.34. The van der Waals surface area contributed by atoms with Gasteiger partial charge in [-0.15, -0.1) is 0 Å². The molecule has 0 aromatic carbocycles. The first-order valence-corrected chi connectivity index (χ1v) is 6.61. The Morgan fingerprint density at radius 1 is 1.38 bits per heavy atom. The molecule has 9 heteroatoms. The van der Waals surface area contributed by atoms with Gasteiger partial charge in [0.25, 0.3) is 0 Å². The molecule has 0 saturated carbocycles. The Morgan fingerprint density at radius 2 is 2.05 bits per heavy atom. The normalized spacial score (nSPS) is 17.1. The number of aromatic nitrogens is 2. The highest BCUT2D eigenvalue weighted by molar-refractivity contribution is 5.45. The minimum absolute atomic E-state index is 0.237. The molecular weight excluding hydrogens is 287 g/mol. The lowest BCUT2D eigenvalue weighted by Gasteiger charge is -2.32. The molecule has 1 aromatic rings. The molecule has 0 aliphatic carbocycles. The van der Waals surface area contributed by atoms with Crippen LogP contribution in [0, 0.1) is 5.92 Å². The number of alkyl halides is 3. The van der Waals surface area contributed by atoms with Gasteiger partial charge in [-0.3, -0.25) is 5.43 Å². The fraction of sp³-hybridized carbons (Fsp3) is 0.667. The van der Waals surface area contributed by atoms with Crippen molar-refractivity contribution in [3.63, 3.8) is 0 Å². The number of ether oxygens (including phenoxy) is 1. The first kappa shape index (κ1) is 15.8. The second-order valence-electron chi connectivity index (χ2n) is 4.96. The van der Waals surface area contributed by atoms with Crippen molar-refractivity contribution in [2.45, 2.75) is 19.0 Å². The third kappa shape index (κ3) is 3.94. The molecule has 1 fully saturated rings. The third-order valence-electron chi connectivity index (χ3n) is 3.47. The van der Waals surface area contributed by atoms with Crippen LogP contribution in [0.2, 0.25) is 0 Å². The van der Waals surface area contributed by atoms with Crippen LogP contribution in [0.15, 0.2) is 6.07 Å². The highest BCUT2D eigenvalue weighted by Crippen LogP contribution is 2.31. The molecule has 0 unspecified atom stereocenters. The van der Waals surface area contributed by atoms with Gasteiger partial charge in [0.2, 0.25) is 5.95 Å². The predicted octanol–water partition coefficient (Wildman–Crippen LogP) is 1.64. The van der Waals surface area contributed by atoms with Gasteiger partial charge in [0.05, 0.1) is 0 Å². The van der Waals surface area contributed by atoms with Crippen molar-refractivity contribution < 1.29 is 17.9 Å². The molecule has 3 N–H and O–H groups in total. The molecule has 0 radical (unpaired) electrons. The molecule has 21 heavy (non-hydrogen) atoms. The highest BCUT2D eigenvalue weighted by atomic mass is 19.4. The lowest BCUT2D eigenvalue weighted by Crippen LogP contribution is -2.36. The van der Waals surface area contributed by atoms with E-state index in [9.17, 15) is 13.2 Å². The van der Waals surface area contributed by atoms with Gasteiger partial charge in [-0.2, -0.15) is 18.2 Å². The van der Waals surface area contributed by atoms with Crippen LogP contribution < -0.4 is 16.2 Å².